The highest BCUT2D eigenvalue weighted by molar-refractivity contribution is 7.91. The average molecular weight is 277 g/mol. The van der Waals surface area contributed by atoms with Crippen molar-refractivity contribution >= 4 is 9.84 Å². The lowest BCUT2D eigenvalue weighted by molar-refractivity contribution is 0.572. The molecule has 4 heteroatoms. The predicted molar refractivity (Wildman–Crippen MR) is 75.4 cm³/mol. The second kappa shape index (κ2) is 5.34. The fraction of sp³-hybridized carbons (Fsp3) is 0.533. The molecule has 1 saturated carbocycles. The summed E-state index contributed by atoms with van der Waals surface area (Å²) in [6, 6.07) is 11.9. The van der Waals surface area contributed by atoms with Gasteiger partial charge in [-0.25, -0.2) is 8.42 Å². The molecule has 1 aliphatic carbocycles. The van der Waals surface area contributed by atoms with Gasteiger partial charge in [0.2, 0.25) is 0 Å². The Labute approximate surface area is 115 Å². The zero-order valence-corrected chi connectivity index (χ0v) is 12.0. The summed E-state index contributed by atoms with van der Waals surface area (Å²) < 4.78 is 24.2. The van der Waals surface area contributed by atoms with Gasteiger partial charge >= 0.3 is 0 Å². The van der Waals surface area contributed by atoms with Crippen LogP contribution in [0.15, 0.2) is 30.3 Å². The Morgan fingerprint density at radius 2 is 1.95 bits per heavy atom. The molecule has 0 heterocycles. The highest BCUT2D eigenvalue weighted by Gasteiger charge is 2.43. The van der Waals surface area contributed by atoms with Crippen LogP contribution in [0.5, 0.6) is 0 Å². The summed E-state index contributed by atoms with van der Waals surface area (Å²) in [6.45, 7) is 1.93. The number of nitriles is 1. The zero-order chi connectivity index (χ0) is 13.9. The maximum Gasteiger partial charge on any atom is 0.150 e. The van der Waals surface area contributed by atoms with Gasteiger partial charge in [0, 0.05) is 0 Å². The Balaban J connectivity index is 1.92. The SMILES string of the molecule is CC(CS(=O)(=O)CCC1(C#N)CC1)c1ccccc1. The molecule has 1 aliphatic rings. The van der Waals surface area contributed by atoms with Crippen LogP contribution in [-0.4, -0.2) is 19.9 Å². The molecule has 1 aromatic rings. The van der Waals surface area contributed by atoms with Crippen LogP contribution in [0, 0.1) is 16.7 Å². The van der Waals surface area contributed by atoms with Crippen molar-refractivity contribution in [3.8, 4) is 6.07 Å². The van der Waals surface area contributed by atoms with Crippen molar-refractivity contribution < 1.29 is 8.42 Å². The summed E-state index contributed by atoms with van der Waals surface area (Å²) >= 11 is 0. The van der Waals surface area contributed by atoms with Gasteiger partial charge < -0.3 is 0 Å². The second-order valence-corrected chi connectivity index (χ2v) is 7.80. The van der Waals surface area contributed by atoms with E-state index in [4.69, 9.17) is 5.26 Å². The van der Waals surface area contributed by atoms with Crippen molar-refractivity contribution in [2.24, 2.45) is 5.41 Å². The van der Waals surface area contributed by atoms with E-state index in [1.165, 1.54) is 0 Å². The fourth-order valence-corrected chi connectivity index (χ4v) is 4.08. The summed E-state index contributed by atoms with van der Waals surface area (Å²) in [6.07, 6.45) is 2.20. The van der Waals surface area contributed by atoms with E-state index in [1.807, 2.05) is 37.3 Å². The van der Waals surface area contributed by atoms with Crippen molar-refractivity contribution in [2.75, 3.05) is 11.5 Å². The Hall–Kier alpha value is -1.34. The molecule has 1 aromatic carbocycles. The van der Waals surface area contributed by atoms with E-state index in [2.05, 4.69) is 6.07 Å². The third-order valence-corrected chi connectivity index (χ3v) is 5.69. The number of nitrogens with zero attached hydrogens (tertiary/aromatic N) is 1. The molecule has 1 atom stereocenters. The quantitative estimate of drug-likeness (QED) is 0.803. The van der Waals surface area contributed by atoms with E-state index in [1.54, 1.807) is 0 Å². The monoisotopic (exact) mass is 277 g/mol. The maximum absolute atomic E-state index is 12.1. The Morgan fingerprint density at radius 3 is 2.47 bits per heavy atom. The largest absolute Gasteiger partial charge is 0.229 e. The van der Waals surface area contributed by atoms with Gasteiger partial charge in [-0.05, 0) is 30.7 Å². The molecular formula is C15H19NO2S. The molecular weight excluding hydrogens is 258 g/mol. The van der Waals surface area contributed by atoms with Crippen LogP contribution in [0.25, 0.3) is 0 Å². The summed E-state index contributed by atoms with van der Waals surface area (Å²) in [5, 5.41) is 8.97. The lowest BCUT2D eigenvalue weighted by Crippen LogP contribution is -2.18. The van der Waals surface area contributed by atoms with E-state index >= 15 is 0 Å². The standard InChI is InChI=1S/C15H19NO2S/c1-13(14-5-3-2-4-6-14)11-19(17,18)10-9-15(12-16)7-8-15/h2-6,13H,7-11H2,1H3. The van der Waals surface area contributed by atoms with Crippen molar-refractivity contribution in [3.63, 3.8) is 0 Å². The summed E-state index contributed by atoms with van der Waals surface area (Å²) in [5.41, 5.74) is 0.718. The lowest BCUT2D eigenvalue weighted by atomic mass is 10.0. The van der Waals surface area contributed by atoms with Crippen LogP contribution < -0.4 is 0 Å². The second-order valence-electron chi connectivity index (χ2n) is 5.57. The molecule has 0 aromatic heterocycles. The normalized spacial score (nSPS) is 18.5. The molecule has 0 radical (unpaired) electrons. The van der Waals surface area contributed by atoms with E-state index < -0.39 is 9.84 Å². The minimum absolute atomic E-state index is 0.00318. The fourth-order valence-electron chi connectivity index (χ4n) is 2.26. The molecule has 1 unspecified atom stereocenters. The van der Waals surface area contributed by atoms with Crippen LogP contribution in [0.1, 0.15) is 37.7 Å². The van der Waals surface area contributed by atoms with E-state index in [0.29, 0.717) is 6.42 Å². The first-order valence-electron chi connectivity index (χ1n) is 6.63. The van der Waals surface area contributed by atoms with Gasteiger partial charge in [-0.3, -0.25) is 0 Å². The number of rotatable bonds is 6. The maximum atomic E-state index is 12.1. The van der Waals surface area contributed by atoms with Crippen LogP contribution >= 0.6 is 0 Å². The smallest absolute Gasteiger partial charge is 0.150 e. The van der Waals surface area contributed by atoms with Crippen LogP contribution in [0.2, 0.25) is 0 Å². The van der Waals surface area contributed by atoms with Crippen molar-refractivity contribution in [3.05, 3.63) is 35.9 Å². The van der Waals surface area contributed by atoms with E-state index in [0.717, 1.165) is 18.4 Å². The average Bonchev–Trinajstić information content (AvgIpc) is 3.18. The van der Waals surface area contributed by atoms with Crippen LogP contribution in [0.3, 0.4) is 0 Å². The van der Waals surface area contributed by atoms with Crippen LogP contribution in [-0.2, 0) is 9.84 Å². The third kappa shape index (κ3) is 3.81. The Kier molecular flexibility index (Phi) is 3.96. The van der Waals surface area contributed by atoms with Gasteiger partial charge in [0.25, 0.3) is 0 Å². The Bertz CT molecular complexity index is 568. The van der Waals surface area contributed by atoms with E-state index in [-0.39, 0.29) is 22.8 Å². The predicted octanol–water partition coefficient (Wildman–Crippen LogP) is 2.90. The van der Waals surface area contributed by atoms with Crippen LogP contribution in [0.4, 0.5) is 0 Å². The Morgan fingerprint density at radius 1 is 1.32 bits per heavy atom. The van der Waals surface area contributed by atoms with Gasteiger partial charge in [0.1, 0.15) is 0 Å². The number of benzene rings is 1. The topological polar surface area (TPSA) is 57.9 Å². The summed E-state index contributed by atoms with van der Waals surface area (Å²) in [4.78, 5) is 0. The highest BCUT2D eigenvalue weighted by Crippen LogP contribution is 2.48. The third-order valence-electron chi connectivity index (χ3n) is 3.85. The first-order chi connectivity index (χ1) is 8.96. The number of hydrogen-bond acceptors (Lipinski definition) is 3. The molecule has 0 bridgehead atoms. The minimum atomic E-state index is -3.08. The van der Waals surface area contributed by atoms with Gasteiger partial charge in [0.15, 0.2) is 9.84 Å². The zero-order valence-electron chi connectivity index (χ0n) is 11.2. The van der Waals surface area contributed by atoms with Gasteiger partial charge in [0.05, 0.1) is 23.0 Å². The molecule has 0 amide bonds. The van der Waals surface area contributed by atoms with Gasteiger partial charge in [-0.1, -0.05) is 37.3 Å². The number of sulfone groups is 1. The van der Waals surface area contributed by atoms with Crippen molar-refractivity contribution in [1.82, 2.24) is 0 Å². The number of hydrogen-bond donors (Lipinski definition) is 0. The van der Waals surface area contributed by atoms with E-state index in [9.17, 15) is 8.42 Å². The lowest BCUT2D eigenvalue weighted by Gasteiger charge is -2.13. The molecule has 102 valence electrons. The first-order valence-corrected chi connectivity index (χ1v) is 8.45. The molecule has 0 spiro atoms. The van der Waals surface area contributed by atoms with Crippen molar-refractivity contribution in [2.45, 2.75) is 32.1 Å². The molecule has 19 heavy (non-hydrogen) atoms. The first kappa shape index (κ1) is 14.1. The molecule has 0 aliphatic heterocycles. The molecule has 2 rings (SSSR count). The molecule has 0 N–H and O–H groups in total. The molecule has 3 nitrogen and oxygen atoms in total. The summed E-state index contributed by atoms with van der Waals surface area (Å²) in [5.74, 6) is 0.305. The van der Waals surface area contributed by atoms with Gasteiger partial charge in [-0.15, -0.1) is 0 Å². The molecule has 0 saturated heterocycles. The summed E-state index contributed by atoms with van der Waals surface area (Å²) in [7, 11) is -3.08. The van der Waals surface area contributed by atoms with Gasteiger partial charge in [-0.2, -0.15) is 5.26 Å². The van der Waals surface area contributed by atoms with Crippen molar-refractivity contribution in [1.29, 1.82) is 5.26 Å². The molecule has 1 fully saturated rings. The minimum Gasteiger partial charge on any atom is -0.229 e. The highest BCUT2D eigenvalue weighted by atomic mass is 32.2.